The van der Waals surface area contributed by atoms with E-state index in [1.54, 1.807) is 12.1 Å². The zero-order chi connectivity index (χ0) is 16.0. The van der Waals surface area contributed by atoms with Gasteiger partial charge in [0.15, 0.2) is 0 Å². The van der Waals surface area contributed by atoms with Crippen LogP contribution in [-0.4, -0.2) is 13.1 Å². The fourth-order valence-corrected chi connectivity index (χ4v) is 2.23. The van der Waals surface area contributed by atoms with E-state index in [2.05, 4.69) is 33.0 Å². The predicted molar refractivity (Wildman–Crippen MR) is 81.2 cm³/mol. The van der Waals surface area contributed by atoms with Crippen LogP contribution in [0.3, 0.4) is 0 Å². The summed E-state index contributed by atoms with van der Waals surface area (Å²) in [6, 6.07) is 5.55. The molecule has 120 valence electrons. The minimum atomic E-state index is -4.26. The van der Waals surface area contributed by atoms with Gasteiger partial charge < -0.3 is 5.32 Å². The highest BCUT2D eigenvalue weighted by atomic mass is 19.4. The van der Waals surface area contributed by atoms with Gasteiger partial charge >= 0.3 is 6.18 Å². The second kappa shape index (κ2) is 7.83. The summed E-state index contributed by atoms with van der Waals surface area (Å²) in [5.74, 6) is 1.52. The number of hydrogen-bond acceptors (Lipinski definition) is 1. The molecule has 0 saturated heterocycles. The van der Waals surface area contributed by atoms with E-state index in [0.29, 0.717) is 17.8 Å². The lowest BCUT2D eigenvalue weighted by molar-refractivity contribution is -0.137. The Bertz CT molecular complexity index is 407. The van der Waals surface area contributed by atoms with Gasteiger partial charge in [-0.05, 0) is 55.0 Å². The normalized spacial score (nSPS) is 14.0. The molecule has 0 aliphatic carbocycles. The van der Waals surface area contributed by atoms with Gasteiger partial charge in [0.05, 0.1) is 5.56 Å². The molecule has 1 atom stereocenters. The van der Waals surface area contributed by atoms with E-state index in [1.165, 1.54) is 12.1 Å². The molecule has 0 saturated carbocycles. The largest absolute Gasteiger partial charge is 0.416 e. The Balaban J connectivity index is 2.62. The monoisotopic (exact) mass is 301 g/mol. The molecule has 0 bridgehead atoms. The minimum Gasteiger partial charge on any atom is -0.316 e. The second-order valence-electron chi connectivity index (χ2n) is 6.45. The van der Waals surface area contributed by atoms with Crippen molar-refractivity contribution in [3.05, 3.63) is 35.4 Å². The highest BCUT2D eigenvalue weighted by Crippen LogP contribution is 2.29. The van der Waals surface area contributed by atoms with E-state index < -0.39 is 11.7 Å². The van der Waals surface area contributed by atoms with Crippen LogP contribution in [0, 0.1) is 17.8 Å². The van der Waals surface area contributed by atoms with Crippen LogP contribution >= 0.6 is 0 Å². The molecule has 0 fully saturated rings. The molecule has 0 aliphatic heterocycles. The topological polar surface area (TPSA) is 12.0 Å². The van der Waals surface area contributed by atoms with E-state index >= 15 is 0 Å². The van der Waals surface area contributed by atoms with Crippen LogP contribution in [0.1, 0.15) is 38.8 Å². The zero-order valence-corrected chi connectivity index (χ0v) is 13.3. The summed E-state index contributed by atoms with van der Waals surface area (Å²) in [6.45, 7) is 10.5. The molecule has 0 amide bonds. The quantitative estimate of drug-likeness (QED) is 0.765. The number of alkyl halides is 3. The Hall–Kier alpha value is -1.03. The van der Waals surface area contributed by atoms with Gasteiger partial charge in [-0.25, -0.2) is 0 Å². The fraction of sp³-hybridized carbons (Fsp3) is 0.647. The van der Waals surface area contributed by atoms with E-state index in [0.717, 1.165) is 25.1 Å². The average Bonchev–Trinajstić information content (AvgIpc) is 2.36. The lowest BCUT2D eigenvalue weighted by atomic mass is 9.89. The third-order valence-corrected chi connectivity index (χ3v) is 3.68. The standard InChI is InChI=1S/C17H26F3N/c1-12(2)10-21-11-15(13(3)4)9-14-5-7-16(8-6-14)17(18,19)20/h5-8,12-13,15,21H,9-11H2,1-4H3. The van der Waals surface area contributed by atoms with Gasteiger partial charge in [-0.15, -0.1) is 0 Å². The highest BCUT2D eigenvalue weighted by molar-refractivity contribution is 5.25. The Morgan fingerprint density at radius 1 is 0.952 bits per heavy atom. The maximum absolute atomic E-state index is 12.5. The molecule has 0 radical (unpaired) electrons. The first kappa shape index (κ1) is 18.0. The summed E-state index contributed by atoms with van der Waals surface area (Å²) >= 11 is 0. The van der Waals surface area contributed by atoms with Gasteiger partial charge in [-0.2, -0.15) is 13.2 Å². The van der Waals surface area contributed by atoms with Crippen molar-refractivity contribution in [2.45, 2.75) is 40.3 Å². The number of rotatable bonds is 7. The summed E-state index contributed by atoms with van der Waals surface area (Å²) in [6.07, 6.45) is -3.45. The molecule has 21 heavy (non-hydrogen) atoms. The summed E-state index contributed by atoms with van der Waals surface area (Å²) < 4.78 is 37.6. The predicted octanol–water partition coefficient (Wildman–Crippen LogP) is 4.77. The van der Waals surface area contributed by atoms with Crippen LogP contribution in [0.5, 0.6) is 0 Å². The summed E-state index contributed by atoms with van der Waals surface area (Å²) in [4.78, 5) is 0. The van der Waals surface area contributed by atoms with Crippen molar-refractivity contribution in [2.75, 3.05) is 13.1 Å². The number of benzene rings is 1. The molecule has 0 heterocycles. The Morgan fingerprint density at radius 2 is 1.52 bits per heavy atom. The van der Waals surface area contributed by atoms with Crippen molar-refractivity contribution in [1.29, 1.82) is 0 Å². The molecular formula is C17H26F3N. The van der Waals surface area contributed by atoms with Crippen LogP contribution in [0.2, 0.25) is 0 Å². The molecule has 1 rings (SSSR count). The van der Waals surface area contributed by atoms with Gasteiger partial charge in [0.1, 0.15) is 0 Å². The molecule has 0 spiro atoms. The Kier molecular flexibility index (Phi) is 6.72. The third kappa shape index (κ3) is 6.51. The van der Waals surface area contributed by atoms with Crippen LogP contribution in [0.15, 0.2) is 24.3 Å². The van der Waals surface area contributed by atoms with Gasteiger partial charge in [-0.1, -0.05) is 39.8 Å². The number of hydrogen-bond donors (Lipinski definition) is 1. The van der Waals surface area contributed by atoms with Crippen molar-refractivity contribution in [2.24, 2.45) is 17.8 Å². The molecule has 1 N–H and O–H groups in total. The van der Waals surface area contributed by atoms with Crippen molar-refractivity contribution < 1.29 is 13.2 Å². The summed E-state index contributed by atoms with van der Waals surface area (Å²) in [5.41, 5.74) is 0.387. The summed E-state index contributed by atoms with van der Waals surface area (Å²) in [7, 11) is 0. The van der Waals surface area contributed by atoms with E-state index in [4.69, 9.17) is 0 Å². The first-order valence-corrected chi connectivity index (χ1v) is 7.57. The van der Waals surface area contributed by atoms with Gasteiger partial charge in [0.2, 0.25) is 0 Å². The van der Waals surface area contributed by atoms with Crippen LogP contribution in [0.4, 0.5) is 13.2 Å². The van der Waals surface area contributed by atoms with E-state index in [1.807, 2.05) is 0 Å². The van der Waals surface area contributed by atoms with E-state index in [9.17, 15) is 13.2 Å². The third-order valence-electron chi connectivity index (χ3n) is 3.68. The van der Waals surface area contributed by atoms with E-state index in [-0.39, 0.29) is 0 Å². The maximum Gasteiger partial charge on any atom is 0.416 e. The number of halogens is 3. The van der Waals surface area contributed by atoms with Crippen molar-refractivity contribution >= 4 is 0 Å². The fourth-order valence-electron chi connectivity index (χ4n) is 2.23. The number of nitrogens with one attached hydrogen (secondary N) is 1. The van der Waals surface area contributed by atoms with Gasteiger partial charge in [0, 0.05) is 0 Å². The lowest BCUT2D eigenvalue weighted by Crippen LogP contribution is -2.30. The highest BCUT2D eigenvalue weighted by Gasteiger charge is 2.30. The first-order valence-electron chi connectivity index (χ1n) is 7.57. The Morgan fingerprint density at radius 3 is 1.95 bits per heavy atom. The summed E-state index contributed by atoms with van der Waals surface area (Å²) in [5, 5.41) is 3.44. The molecule has 4 heteroatoms. The molecule has 0 aliphatic rings. The molecule has 1 aromatic carbocycles. The maximum atomic E-state index is 12.5. The van der Waals surface area contributed by atoms with Gasteiger partial charge in [0.25, 0.3) is 0 Å². The van der Waals surface area contributed by atoms with Crippen molar-refractivity contribution in [3.63, 3.8) is 0 Å². The molecule has 1 nitrogen and oxygen atoms in total. The second-order valence-corrected chi connectivity index (χ2v) is 6.45. The lowest BCUT2D eigenvalue weighted by Gasteiger charge is -2.22. The Labute approximate surface area is 125 Å². The SMILES string of the molecule is CC(C)CNCC(Cc1ccc(C(F)(F)F)cc1)C(C)C. The van der Waals surface area contributed by atoms with Crippen LogP contribution in [0.25, 0.3) is 0 Å². The first-order chi connectivity index (χ1) is 9.70. The van der Waals surface area contributed by atoms with Gasteiger partial charge in [-0.3, -0.25) is 0 Å². The minimum absolute atomic E-state index is 0.431. The molecule has 1 aromatic rings. The zero-order valence-electron chi connectivity index (χ0n) is 13.3. The average molecular weight is 301 g/mol. The van der Waals surface area contributed by atoms with Crippen molar-refractivity contribution in [1.82, 2.24) is 5.32 Å². The van der Waals surface area contributed by atoms with Crippen LogP contribution in [-0.2, 0) is 12.6 Å². The smallest absolute Gasteiger partial charge is 0.316 e. The van der Waals surface area contributed by atoms with Crippen LogP contribution < -0.4 is 5.32 Å². The van der Waals surface area contributed by atoms with Crippen molar-refractivity contribution in [3.8, 4) is 0 Å². The molecule has 0 aromatic heterocycles. The molecular weight excluding hydrogens is 275 g/mol. The molecule has 1 unspecified atom stereocenters.